The normalized spacial score (nSPS) is 20.0. The van der Waals surface area contributed by atoms with Crippen LogP contribution in [-0.4, -0.2) is 22.0 Å². The molecular weight excluding hydrogens is 368 g/mol. The molecule has 1 saturated carbocycles. The predicted molar refractivity (Wildman–Crippen MR) is 107 cm³/mol. The third-order valence-electron chi connectivity index (χ3n) is 4.87. The summed E-state index contributed by atoms with van der Waals surface area (Å²) in [4.78, 5) is 14.5. The Morgan fingerprint density at radius 1 is 1.19 bits per heavy atom. The quantitative estimate of drug-likeness (QED) is 0.596. The molecule has 2 aliphatic rings. The van der Waals surface area contributed by atoms with Crippen LogP contribution in [0.1, 0.15) is 37.9 Å². The lowest BCUT2D eigenvalue weighted by molar-refractivity contribution is -0.124. The molecule has 0 bridgehead atoms. The van der Waals surface area contributed by atoms with Crippen molar-refractivity contribution in [1.29, 1.82) is 0 Å². The maximum Gasteiger partial charge on any atom is 0.276 e. The van der Waals surface area contributed by atoms with E-state index in [4.69, 9.17) is 28.2 Å². The van der Waals surface area contributed by atoms with E-state index >= 15 is 0 Å². The summed E-state index contributed by atoms with van der Waals surface area (Å²) in [5, 5.41) is 4.19. The molecule has 1 N–H and O–H groups in total. The van der Waals surface area contributed by atoms with Crippen molar-refractivity contribution in [3.63, 3.8) is 0 Å². The van der Waals surface area contributed by atoms with Crippen molar-refractivity contribution < 1.29 is 9.21 Å². The van der Waals surface area contributed by atoms with Gasteiger partial charge in [-0.2, -0.15) is 0 Å². The number of carbonyl (C=O) groups excluding carboxylic acids is 1. The van der Waals surface area contributed by atoms with Crippen LogP contribution in [0, 0.1) is 0 Å². The highest BCUT2D eigenvalue weighted by Crippen LogP contribution is 2.29. The molecule has 2 heterocycles. The number of amides is 1. The average Bonchev–Trinajstić information content (AvgIpc) is 3.21. The lowest BCUT2D eigenvalue weighted by Gasteiger charge is -2.29. The number of hydrogen-bond acceptors (Lipinski definition) is 3. The number of benzene rings is 1. The number of carbonyl (C=O) groups is 1. The molecule has 0 radical (unpaired) electrons. The van der Waals surface area contributed by atoms with Gasteiger partial charge in [0.1, 0.15) is 17.2 Å². The Bertz CT molecular complexity index is 883. The van der Waals surface area contributed by atoms with Crippen LogP contribution in [0.15, 0.2) is 46.5 Å². The summed E-state index contributed by atoms with van der Waals surface area (Å²) >= 11 is 11.4. The topological polar surface area (TPSA) is 45.5 Å². The van der Waals surface area contributed by atoms with Gasteiger partial charge in [0, 0.05) is 22.7 Å². The van der Waals surface area contributed by atoms with E-state index in [9.17, 15) is 4.79 Å². The van der Waals surface area contributed by atoms with Gasteiger partial charge in [-0.3, -0.25) is 9.69 Å². The van der Waals surface area contributed by atoms with Gasteiger partial charge in [-0.1, -0.05) is 43.0 Å². The van der Waals surface area contributed by atoms with E-state index in [1.165, 1.54) is 6.42 Å². The van der Waals surface area contributed by atoms with Gasteiger partial charge < -0.3 is 9.73 Å². The van der Waals surface area contributed by atoms with Crippen molar-refractivity contribution in [2.24, 2.45) is 0 Å². The number of halogens is 1. The van der Waals surface area contributed by atoms with Crippen LogP contribution in [0.2, 0.25) is 5.02 Å². The first kappa shape index (κ1) is 17.3. The van der Waals surface area contributed by atoms with Crippen molar-refractivity contribution in [3.8, 4) is 11.3 Å². The van der Waals surface area contributed by atoms with Gasteiger partial charge in [-0.15, -0.1) is 0 Å². The highest BCUT2D eigenvalue weighted by molar-refractivity contribution is 7.80. The zero-order chi connectivity index (χ0) is 18.1. The molecule has 1 aliphatic heterocycles. The lowest BCUT2D eigenvalue weighted by atomic mass is 9.94. The molecule has 134 valence electrons. The second kappa shape index (κ2) is 7.25. The SMILES string of the molecule is O=C1C(=Cc2ccc(-c3cccc(Cl)c3)o2)NC(=S)N1C1CCCCC1. The Hall–Kier alpha value is -2.11. The van der Waals surface area contributed by atoms with Crippen LogP contribution in [0.4, 0.5) is 0 Å². The van der Waals surface area contributed by atoms with Crippen LogP contribution in [0.25, 0.3) is 17.4 Å². The van der Waals surface area contributed by atoms with Crippen molar-refractivity contribution in [1.82, 2.24) is 10.2 Å². The zero-order valence-corrected chi connectivity index (χ0v) is 15.8. The van der Waals surface area contributed by atoms with Crippen LogP contribution in [-0.2, 0) is 4.79 Å². The maximum atomic E-state index is 12.8. The Morgan fingerprint density at radius 2 is 2.00 bits per heavy atom. The summed E-state index contributed by atoms with van der Waals surface area (Å²) in [7, 11) is 0. The minimum atomic E-state index is -0.0670. The van der Waals surface area contributed by atoms with Crippen molar-refractivity contribution >= 4 is 40.9 Å². The molecule has 1 amide bonds. The third-order valence-corrected chi connectivity index (χ3v) is 5.41. The van der Waals surface area contributed by atoms with E-state index in [1.807, 2.05) is 36.4 Å². The minimum Gasteiger partial charge on any atom is -0.457 e. The molecule has 0 atom stereocenters. The fourth-order valence-electron chi connectivity index (χ4n) is 3.59. The molecule has 26 heavy (non-hydrogen) atoms. The molecule has 4 nitrogen and oxygen atoms in total. The summed E-state index contributed by atoms with van der Waals surface area (Å²) in [6.07, 6.45) is 7.28. The molecule has 2 aromatic rings. The highest BCUT2D eigenvalue weighted by Gasteiger charge is 2.36. The van der Waals surface area contributed by atoms with Gasteiger partial charge in [-0.05, 0) is 49.3 Å². The average molecular weight is 387 g/mol. The fraction of sp³-hybridized carbons (Fsp3) is 0.300. The van der Waals surface area contributed by atoms with Crippen LogP contribution < -0.4 is 5.32 Å². The van der Waals surface area contributed by atoms with E-state index in [-0.39, 0.29) is 11.9 Å². The van der Waals surface area contributed by atoms with Crippen molar-refractivity contribution in [3.05, 3.63) is 52.9 Å². The van der Waals surface area contributed by atoms with Crippen molar-refractivity contribution in [2.45, 2.75) is 38.1 Å². The standard InChI is InChI=1S/C20H19ClN2O2S/c21-14-6-4-5-13(11-14)18-10-9-16(25-18)12-17-19(24)23(20(26)22-17)15-7-2-1-3-8-15/h4-6,9-12,15H,1-3,7-8H2,(H,22,26). The molecule has 1 saturated heterocycles. The highest BCUT2D eigenvalue weighted by atomic mass is 35.5. The summed E-state index contributed by atoms with van der Waals surface area (Å²) < 4.78 is 5.86. The second-order valence-corrected chi connectivity index (χ2v) is 7.49. The van der Waals surface area contributed by atoms with Gasteiger partial charge in [-0.25, -0.2) is 0 Å². The monoisotopic (exact) mass is 386 g/mol. The molecule has 0 unspecified atom stereocenters. The zero-order valence-electron chi connectivity index (χ0n) is 14.2. The minimum absolute atomic E-state index is 0.0670. The number of hydrogen-bond donors (Lipinski definition) is 1. The molecular formula is C20H19ClN2O2S. The van der Waals surface area contributed by atoms with E-state index in [1.54, 1.807) is 11.0 Å². The molecule has 4 rings (SSSR count). The number of nitrogens with zero attached hydrogens (tertiary/aromatic N) is 1. The van der Waals surface area contributed by atoms with Gasteiger partial charge in [0.05, 0.1) is 0 Å². The number of furan rings is 1. The predicted octanol–water partition coefficient (Wildman–Crippen LogP) is 4.99. The molecule has 6 heteroatoms. The van der Waals surface area contributed by atoms with Crippen molar-refractivity contribution in [2.75, 3.05) is 0 Å². The first-order valence-electron chi connectivity index (χ1n) is 8.84. The third kappa shape index (κ3) is 3.41. The Labute approximate surface area is 162 Å². The van der Waals surface area contributed by atoms with Crippen LogP contribution in [0.3, 0.4) is 0 Å². The van der Waals surface area contributed by atoms with Crippen LogP contribution >= 0.6 is 23.8 Å². The molecule has 2 fully saturated rings. The number of rotatable bonds is 3. The second-order valence-electron chi connectivity index (χ2n) is 6.67. The Morgan fingerprint density at radius 3 is 2.77 bits per heavy atom. The largest absolute Gasteiger partial charge is 0.457 e. The summed E-state index contributed by atoms with van der Waals surface area (Å²) in [5.41, 5.74) is 1.36. The van der Waals surface area contributed by atoms with E-state index < -0.39 is 0 Å². The lowest BCUT2D eigenvalue weighted by Crippen LogP contribution is -2.41. The van der Waals surface area contributed by atoms with E-state index in [0.717, 1.165) is 31.2 Å². The van der Waals surface area contributed by atoms with E-state index in [2.05, 4.69) is 5.32 Å². The first-order chi connectivity index (χ1) is 12.6. The first-order valence-corrected chi connectivity index (χ1v) is 9.62. The molecule has 0 spiro atoms. The molecule has 1 aliphatic carbocycles. The Kier molecular flexibility index (Phi) is 4.83. The summed E-state index contributed by atoms with van der Waals surface area (Å²) in [6.45, 7) is 0. The van der Waals surface area contributed by atoms with Crippen LogP contribution in [0.5, 0.6) is 0 Å². The number of thiocarbonyl (C=S) groups is 1. The van der Waals surface area contributed by atoms with E-state index in [0.29, 0.717) is 27.4 Å². The van der Waals surface area contributed by atoms with Gasteiger partial charge in [0.2, 0.25) is 0 Å². The maximum absolute atomic E-state index is 12.8. The fourth-order valence-corrected chi connectivity index (χ4v) is 4.12. The smallest absolute Gasteiger partial charge is 0.276 e. The summed E-state index contributed by atoms with van der Waals surface area (Å²) in [6, 6.07) is 11.4. The molecule has 1 aromatic heterocycles. The summed E-state index contributed by atoms with van der Waals surface area (Å²) in [5.74, 6) is 1.24. The Balaban J connectivity index is 1.55. The molecule has 1 aromatic carbocycles. The van der Waals surface area contributed by atoms with Gasteiger partial charge >= 0.3 is 0 Å². The van der Waals surface area contributed by atoms with Gasteiger partial charge in [0.25, 0.3) is 5.91 Å². The number of nitrogens with one attached hydrogen (secondary N) is 1. The van der Waals surface area contributed by atoms with Gasteiger partial charge in [0.15, 0.2) is 5.11 Å².